The molecule has 0 saturated carbocycles. The van der Waals surface area contributed by atoms with Gasteiger partial charge in [0.2, 0.25) is 0 Å². The van der Waals surface area contributed by atoms with Crippen molar-refractivity contribution < 1.29 is 0 Å². The van der Waals surface area contributed by atoms with E-state index in [4.69, 9.17) is 0 Å². The molecular formula is C14H16BrN3S. The van der Waals surface area contributed by atoms with Crippen LogP contribution in [0.3, 0.4) is 0 Å². The Morgan fingerprint density at radius 2 is 2.21 bits per heavy atom. The third-order valence-electron chi connectivity index (χ3n) is 2.71. The molecule has 19 heavy (non-hydrogen) atoms. The average molecular weight is 338 g/mol. The second kappa shape index (κ2) is 7.03. The van der Waals surface area contributed by atoms with E-state index in [0.717, 1.165) is 16.0 Å². The second-order valence-electron chi connectivity index (χ2n) is 4.11. The molecule has 1 heterocycles. The maximum Gasteiger partial charge on any atom is 0.119 e. The first kappa shape index (κ1) is 14.5. The van der Waals surface area contributed by atoms with E-state index in [1.807, 2.05) is 0 Å². The van der Waals surface area contributed by atoms with Crippen LogP contribution in [0.1, 0.15) is 25.5 Å². The number of hydrogen-bond acceptors (Lipinski definition) is 4. The zero-order valence-electron chi connectivity index (χ0n) is 10.9. The van der Waals surface area contributed by atoms with E-state index in [9.17, 15) is 0 Å². The fourth-order valence-corrected chi connectivity index (χ4v) is 3.33. The Hall–Kier alpha value is -0.910. The SMILES string of the molecule is CCNC(C)c1ccc(Br)cc1Sc1cnccn1. The van der Waals surface area contributed by atoms with Gasteiger partial charge in [-0.25, -0.2) is 4.98 Å². The molecule has 1 N–H and O–H groups in total. The molecule has 3 nitrogen and oxygen atoms in total. The summed E-state index contributed by atoms with van der Waals surface area (Å²) >= 11 is 5.17. The Kier molecular flexibility index (Phi) is 5.36. The molecule has 100 valence electrons. The molecule has 0 spiro atoms. The molecule has 5 heteroatoms. The number of aromatic nitrogens is 2. The van der Waals surface area contributed by atoms with E-state index < -0.39 is 0 Å². The summed E-state index contributed by atoms with van der Waals surface area (Å²) in [4.78, 5) is 9.62. The van der Waals surface area contributed by atoms with Crippen LogP contribution in [0.25, 0.3) is 0 Å². The molecule has 0 saturated heterocycles. The summed E-state index contributed by atoms with van der Waals surface area (Å²) in [5, 5.41) is 4.35. The van der Waals surface area contributed by atoms with Crippen LogP contribution in [0, 0.1) is 0 Å². The van der Waals surface area contributed by atoms with Gasteiger partial charge in [-0.05, 0) is 31.2 Å². The van der Waals surface area contributed by atoms with Crippen molar-refractivity contribution in [2.45, 2.75) is 29.8 Å². The summed E-state index contributed by atoms with van der Waals surface area (Å²) in [6, 6.07) is 6.67. The van der Waals surface area contributed by atoms with E-state index in [2.05, 4.69) is 63.3 Å². The highest BCUT2D eigenvalue weighted by Gasteiger charge is 2.11. The Balaban J connectivity index is 2.29. The lowest BCUT2D eigenvalue weighted by atomic mass is 10.1. The lowest BCUT2D eigenvalue weighted by Crippen LogP contribution is -2.18. The molecule has 1 unspecified atom stereocenters. The first-order valence-electron chi connectivity index (χ1n) is 6.17. The van der Waals surface area contributed by atoms with Gasteiger partial charge in [0.05, 0.1) is 6.20 Å². The van der Waals surface area contributed by atoms with Crippen LogP contribution in [0.5, 0.6) is 0 Å². The van der Waals surface area contributed by atoms with Crippen molar-refractivity contribution in [1.82, 2.24) is 15.3 Å². The number of rotatable bonds is 5. The van der Waals surface area contributed by atoms with E-state index in [-0.39, 0.29) is 0 Å². The van der Waals surface area contributed by atoms with Crippen molar-refractivity contribution in [2.24, 2.45) is 0 Å². The van der Waals surface area contributed by atoms with Crippen molar-refractivity contribution in [3.8, 4) is 0 Å². The minimum Gasteiger partial charge on any atom is -0.310 e. The van der Waals surface area contributed by atoms with Gasteiger partial charge < -0.3 is 5.32 Å². The summed E-state index contributed by atoms with van der Waals surface area (Å²) in [5.41, 5.74) is 1.28. The minimum absolute atomic E-state index is 0.317. The largest absolute Gasteiger partial charge is 0.310 e. The van der Waals surface area contributed by atoms with Gasteiger partial charge >= 0.3 is 0 Å². The van der Waals surface area contributed by atoms with Crippen LogP contribution in [0.2, 0.25) is 0 Å². The maximum atomic E-state index is 4.31. The van der Waals surface area contributed by atoms with Crippen molar-refractivity contribution in [2.75, 3.05) is 6.54 Å². The fourth-order valence-electron chi connectivity index (χ4n) is 1.82. The molecule has 0 aliphatic carbocycles. The van der Waals surface area contributed by atoms with Crippen molar-refractivity contribution in [3.05, 3.63) is 46.8 Å². The molecule has 0 amide bonds. The quantitative estimate of drug-likeness (QED) is 0.892. The molecule has 1 atom stereocenters. The minimum atomic E-state index is 0.317. The van der Waals surface area contributed by atoms with Crippen molar-refractivity contribution >= 4 is 27.7 Å². The average Bonchev–Trinajstić information content (AvgIpc) is 2.40. The summed E-state index contributed by atoms with van der Waals surface area (Å²) in [6.07, 6.45) is 5.19. The van der Waals surface area contributed by atoms with Gasteiger partial charge in [0.1, 0.15) is 5.03 Å². The van der Waals surface area contributed by atoms with Crippen LogP contribution >= 0.6 is 27.7 Å². The highest BCUT2D eigenvalue weighted by atomic mass is 79.9. The van der Waals surface area contributed by atoms with E-state index in [1.165, 1.54) is 10.5 Å². The van der Waals surface area contributed by atoms with Crippen LogP contribution in [-0.2, 0) is 0 Å². The fraction of sp³-hybridized carbons (Fsp3) is 0.286. The first-order chi connectivity index (χ1) is 9.20. The van der Waals surface area contributed by atoms with Gasteiger partial charge in [0.25, 0.3) is 0 Å². The van der Waals surface area contributed by atoms with Gasteiger partial charge in [0, 0.05) is 27.8 Å². The van der Waals surface area contributed by atoms with Gasteiger partial charge in [-0.1, -0.05) is 40.7 Å². The Morgan fingerprint density at radius 1 is 1.37 bits per heavy atom. The van der Waals surface area contributed by atoms with Crippen LogP contribution in [0.4, 0.5) is 0 Å². The summed E-state index contributed by atoms with van der Waals surface area (Å²) < 4.78 is 1.08. The van der Waals surface area contributed by atoms with Crippen LogP contribution < -0.4 is 5.32 Å². The molecule has 0 aliphatic heterocycles. The molecular weight excluding hydrogens is 322 g/mol. The smallest absolute Gasteiger partial charge is 0.119 e. The van der Waals surface area contributed by atoms with Gasteiger partial charge in [-0.15, -0.1) is 0 Å². The number of nitrogens with zero attached hydrogens (tertiary/aromatic N) is 2. The Morgan fingerprint density at radius 3 is 2.89 bits per heavy atom. The molecule has 1 aromatic heterocycles. The van der Waals surface area contributed by atoms with E-state index in [0.29, 0.717) is 6.04 Å². The van der Waals surface area contributed by atoms with Crippen molar-refractivity contribution in [1.29, 1.82) is 0 Å². The molecule has 0 radical (unpaired) electrons. The zero-order valence-corrected chi connectivity index (χ0v) is 13.3. The normalized spacial score (nSPS) is 12.4. The van der Waals surface area contributed by atoms with Gasteiger partial charge in [-0.3, -0.25) is 4.98 Å². The summed E-state index contributed by atoms with van der Waals surface area (Å²) in [5.74, 6) is 0. The molecule has 0 fully saturated rings. The maximum absolute atomic E-state index is 4.31. The standard InChI is InChI=1S/C14H16BrN3S/c1-3-17-10(2)12-5-4-11(15)8-13(12)19-14-9-16-6-7-18-14/h4-10,17H,3H2,1-2H3. The van der Waals surface area contributed by atoms with E-state index in [1.54, 1.807) is 30.4 Å². The third-order valence-corrected chi connectivity index (χ3v) is 4.19. The second-order valence-corrected chi connectivity index (χ2v) is 6.09. The summed E-state index contributed by atoms with van der Waals surface area (Å²) in [6.45, 7) is 5.24. The number of nitrogens with one attached hydrogen (secondary N) is 1. The number of hydrogen-bond donors (Lipinski definition) is 1. The predicted octanol–water partition coefficient (Wildman–Crippen LogP) is 4.06. The van der Waals surface area contributed by atoms with Gasteiger partial charge in [0.15, 0.2) is 0 Å². The summed E-state index contributed by atoms with van der Waals surface area (Å²) in [7, 11) is 0. The Labute approximate surface area is 126 Å². The molecule has 0 aliphatic rings. The zero-order chi connectivity index (χ0) is 13.7. The molecule has 0 bridgehead atoms. The highest BCUT2D eigenvalue weighted by molar-refractivity contribution is 9.10. The highest BCUT2D eigenvalue weighted by Crippen LogP contribution is 2.34. The monoisotopic (exact) mass is 337 g/mol. The third kappa shape index (κ3) is 4.03. The number of benzene rings is 1. The van der Waals surface area contributed by atoms with E-state index >= 15 is 0 Å². The predicted molar refractivity (Wildman–Crippen MR) is 82.4 cm³/mol. The van der Waals surface area contributed by atoms with Crippen LogP contribution in [0.15, 0.2) is 51.2 Å². The lowest BCUT2D eigenvalue weighted by Gasteiger charge is -2.17. The first-order valence-corrected chi connectivity index (χ1v) is 7.78. The van der Waals surface area contributed by atoms with Gasteiger partial charge in [-0.2, -0.15) is 0 Å². The topological polar surface area (TPSA) is 37.8 Å². The molecule has 2 aromatic rings. The molecule has 2 rings (SSSR count). The molecule has 1 aromatic carbocycles. The Bertz CT molecular complexity index is 533. The van der Waals surface area contributed by atoms with Crippen LogP contribution in [-0.4, -0.2) is 16.5 Å². The van der Waals surface area contributed by atoms with Crippen molar-refractivity contribution in [3.63, 3.8) is 0 Å². The lowest BCUT2D eigenvalue weighted by molar-refractivity contribution is 0.589. The number of halogens is 1.